The van der Waals surface area contributed by atoms with E-state index in [2.05, 4.69) is 99.0 Å². The smallest absolute Gasteiger partial charge is 0.306 e. The van der Waals surface area contributed by atoms with Crippen LogP contribution in [0.4, 0.5) is 0 Å². The zero-order valence-corrected chi connectivity index (χ0v) is 47.6. The van der Waals surface area contributed by atoms with Crippen LogP contribution in [-0.4, -0.2) is 99.6 Å². The van der Waals surface area contributed by atoms with Gasteiger partial charge in [0.15, 0.2) is 12.4 Å². The van der Waals surface area contributed by atoms with Crippen LogP contribution < -0.4 is 5.32 Å². The van der Waals surface area contributed by atoms with Crippen molar-refractivity contribution in [1.82, 2.24) is 5.32 Å². The number of nitrogens with one attached hydrogen (secondary N) is 1. The number of aliphatic hydroxyl groups excluding tert-OH is 5. The Bertz CT molecular complexity index is 1540. The molecule has 75 heavy (non-hydrogen) atoms. The molecule has 0 aromatic rings. The minimum Gasteiger partial charge on any atom is -0.454 e. The molecule has 0 spiro atoms. The average Bonchev–Trinajstić information content (AvgIpc) is 3.41. The molecule has 1 saturated heterocycles. The van der Waals surface area contributed by atoms with Crippen molar-refractivity contribution < 1.29 is 49.3 Å². The molecule has 1 rings (SSSR count). The lowest BCUT2D eigenvalue weighted by atomic mass is 9.99. The molecule has 11 nitrogen and oxygen atoms in total. The number of amides is 1. The fourth-order valence-corrected chi connectivity index (χ4v) is 8.90. The Kier molecular flexibility index (Phi) is 48.0. The van der Waals surface area contributed by atoms with Crippen molar-refractivity contribution in [1.29, 1.82) is 0 Å². The summed E-state index contributed by atoms with van der Waals surface area (Å²) in [6.07, 6.45) is 56.2. The summed E-state index contributed by atoms with van der Waals surface area (Å²) in [4.78, 5) is 26.5. The highest BCUT2D eigenvalue weighted by Crippen LogP contribution is 2.26. The molecule has 0 radical (unpaired) electrons. The van der Waals surface area contributed by atoms with E-state index in [0.29, 0.717) is 12.8 Å². The highest BCUT2D eigenvalue weighted by Gasteiger charge is 2.47. The van der Waals surface area contributed by atoms with Gasteiger partial charge in [0, 0.05) is 6.42 Å². The molecule has 0 saturated carbocycles. The summed E-state index contributed by atoms with van der Waals surface area (Å²) < 4.78 is 17.6. The quantitative estimate of drug-likeness (QED) is 0.0195. The second-order valence-corrected chi connectivity index (χ2v) is 20.7. The van der Waals surface area contributed by atoms with Crippen LogP contribution in [0.25, 0.3) is 0 Å². The first-order valence-electron chi connectivity index (χ1n) is 30.4. The molecule has 432 valence electrons. The Hall–Kier alpha value is -3.16. The summed E-state index contributed by atoms with van der Waals surface area (Å²) in [5.74, 6) is -1.24. The van der Waals surface area contributed by atoms with Gasteiger partial charge in [-0.05, 0) is 103 Å². The van der Waals surface area contributed by atoms with Crippen molar-refractivity contribution in [2.75, 3.05) is 13.2 Å². The Balaban J connectivity index is 2.72. The van der Waals surface area contributed by atoms with Crippen LogP contribution in [0.1, 0.15) is 245 Å². The minimum atomic E-state index is -1.63. The molecule has 1 amide bonds. The molecule has 6 N–H and O–H groups in total. The van der Waals surface area contributed by atoms with Crippen molar-refractivity contribution in [2.24, 2.45) is 0 Å². The molecule has 0 aromatic heterocycles. The number of hydrogen-bond acceptors (Lipinski definition) is 10. The molecular formula is C64H111NO10. The molecule has 1 fully saturated rings. The van der Waals surface area contributed by atoms with E-state index in [1.165, 1.54) is 96.3 Å². The fourth-order valence-electron chi connectivity index (χ4n) is 8.90. The highest BCUT2D eigenvalue weighted by molar-refractivity contribution is 5.80. The van der Waals surface area contributed by atoms with Crippen LogP contribution in [0.15, 0.2) is 85.1 Å². The van der Waals surface area contributed by atoms with Crippen LogP contribution in [0.2, 0.25) is 0 Å². The van der Waals surface area contributed by atoms with E-state index in [0.717, 1.165) is 103 Å². The maximum absolute atomic E-state index is 13.4. The second kappa shape index (κ2) is 51.6. The van der Waals surface area contributed by atoms with E-state index in [1.807, 2.05) is 6.08 Å². The predicted molar refractivity (Wildman–Crippen MR) is 310 cm³/mol. The van der Waals surface area contributed by atoms with Gasteiger partial charge in [-0.15, -0.1) is 0 Å². The zero-order valence-electron chi connectivity index (χ0n) is 47.6. The van der Waals surface area contributed by atoms with E-state index in [4.69, 9.17) is 14.2 Å². The SMILES string of the molecule is CCCCC/C=C\C/C=C\C/C=C\C/C=C\CCCCC(O)C(=O)NC(COC1OC(CO)C(O)C(O)C1OC(=O)CCCCCCCCC/C=C\C/C=C\CCCCC)C(O)/C=C/CCCCCCCCCCC. The number of carbonyl (C=O) groups excluding carboxylic acids is 2. The number of esters is 1. The summed E-state index contributed by atoms with van der Waals surface area (Å²) >= 11 is 0. The van der Waals surface area contributed by atoms with E-state index < -0.39 is 67.4 Å². The molecule has 0 bridgehead atoms. The summed E-state index contributed by atoms with van der Waals surface area (Å²) in [6, 6.07) is -1.05. The third-order valence-electron chi connectivity index (χ3n) is 13.8. The van der Waals surface area contributed by atoms with Crippen molar-refractivity contribution in [3.8, 4) is 0 Å². The molecule has 1 aliphatic rings. The Morgan fingerprint density at radius 2 is 0.920 bits per heavy atom. The first-order valence-corrected chi connectivity index (χ1v) is 30.4. The topological polar surface area (TPSA) is 175 Å². The maximum atomic E-state index is 13.4. The van der Waals surface area contributed by atoms with E-state index in [-0.39, 0.29) is 19.4 Å². The molecule has 8 unspecified atom stereocenters. The van der Waals surface area contributed by atoms with Gasteiger partial charge < -0.3 is 45.1 Å². The molecule has 11 heteroatoms. The first kappa shape index (κ1) is 69.9. The number of unbranched alkanes of at least 4 members (excludes halogenated alkanes) is 24. The molecule has 1 aliphatic heterocycles. The number of carbonyl (C=O) groups is 2. The lowest BCUT2D eigenvalue weighted by Gasteiger charge is -2.41. The zero-order chi connectivity index (χ0) is 54.7. The largest absolute Gasteiger partial charge is 0.454 e. The third kappa shape index (κ3) is 39.8. The van der Waals surface area contributed by atoms with Gasteiger partial charge >= 0.3 is 5.97 Å². The van der Waals surface area contributed by atoms with Gasteiger partial charge in [0.05, 0.1) is 25.4 Å². The monoisotopic (exact) mass is 1050 g/mol. The van der Waals surface area contributed by atoms with Gasteiger partial charge in [-0.1, -0.05) is 221 Å². The number of hydrogen-bond donors (Lipinski definition) is 6. The number of ether oxygens (including phenoxy) is 3. The first-order chi connectivity index (χ1) is 36.7. The molecule has 0 aliphatic carbocycles. The van der Waals surface area contributed by atoms with Gasteiger partial charge in [-0.2, -0.15) is 0 Å². The molecular weight excluding hydrogens is 943 g/mol. The van der Waals surface area contributed by atoms with E-state index >= 15 is 0 Å². The van der Waals surface area contributed by atoms with Gasteiger partial charge in [-0.3, -0.25) is 9.59 Å². The Labute approximate surface area is 457 Å². The number of rotatable bonds is 50. The minimum absolute atomic E-state index is 0.107. The molecule has 1 heterocycles. The standard InChI is InChI=1S/C64H111NO10/c1-4-7-10-13-16-19-22-24-26-28-30-31-33-36-39-42-45-48-51-57(68)63(72)65-55(56(67)50-47-44-41-38-35-21-18-15-12-9-6-3)54-73-64-62(61(71)60(70)58(53-66)74-64)75-59(69)52-49-46-43-40-37-34-32-29-27-25-23-20-17-14-11-8-5-2/h16-17,19-20,24-27,30-31,36,39,47,50,55-58,60-62,64,66-68,70-71H,4-15,18,21-23,28-29,32-35,37-38,40-46,48-49,51-54H2,1-3H3,(H,65,72)/b19-16-,20-17-,26-24-,27-25-,31-30-,39-36-,50-47+. The predicted octanol–water partition coefficient (Wildman–Crippen LogP) is 14.2. The van der Waals surface area contributed by atoms with Gasteiger partial charge in [0.25, 0.3) is 0 Å². The van der Waals surface area contributed by atoms with E-state index in [1.54, 1.807) is 6.08 Å². The summed E-state index contributed by atoms with van der Waals surface area (Å²) in [7, 11) is 0. The van der Waals surface area contributed by atoms with Crippen molar-refractivity contribution >= 4 is 11.9 Å². The third-order valence-corrected chi connectivity index (χ3v) is 13.8. The van der Waals surface area contributed by atoms with Crippen molar-refractivity contribution in [3.05, 3.63) is 85.1 Å². The average molecular weight is 1050 g/mol. The van der Waals surface area contributed by atoms with Gasteiger partial charge in [0.1, 0.15) is 24.4 Å². The lowest BCUT2D eigenvalue weighted by molar-refractivity contribution is -0.305. The Morgan fingerprint density at radius 3 is 1.40 bits per heavy atom. The van der Waals surface area contributed by atoms with E-state index in [9.17, 15) is 35.1 Å². The molecule has 0 aromatic carbocycles. The van der Waals surface area contributed by atoms with Crippen LogP contribution in [0, 0.1) is 0 Å². The second-order valence-electron chi connectivity index (χ2n) is 20.7. The lowest BCUT2D eigenvalue weighted by Crippen LogP contribution is -2.61. The van der Waals surface area contributed by atoms with Crippen LogP contribution in [0.5, 0.6) is 0 Å². The highest BCUT2D eigenvalue weighted by atomic mass is 16.7. The van der Waals surface area contributed by atoms with Crippen molar-refractivity contribution in [3.63, 3.8) is 0 Å². The summed E-state index contributed by atoms with van der Waals surface area (Å²) in [6.45, 7) is 5.69. The van der Waals surface area contributed by atoms with Crippen LogP contribution in [0.3, 0.4) is 0 Å². The normalized spacial score (nSPS) is 19.8. The maximum Gasteiger partial charge on any atom is 0.306 e. The van der Waals surface area contributed by atoms with Gasteiger partial charge in [0.2, 0.25) is 5.91 Å². The van der Waals surface area contributed by atoms with Gasteiger partial charge in [-0.25, -0.2) is 0 Å². The summed E-state index contributed by atoms with van der Waals surface area (Å²) in [5.41, 5.74) is 0. The number of aliphatic hydroxyl groups is 5. The number of allylic oxidation sites excluding steroid dienone is 13. The Morgan fingerprint density at radius 1 is 0.520 bits per heavy atom. The summed E-state index contributed by atoms with van der Waals surface area (Å²) in [5, 5.41) is 56.9. The van der Waals surface area contributed by atoms with Crippen LogP contribution in [-0.2, 0) is 23.8 Å². The van der Waals surface area contributed by atoms with Crippen molar-refractivity contribution in [2.45, 2.75) is 294 Å². The fraction of sp³-hybridized carbons (Fsp3) is 0.750. The molecule has 8 atom stereocenters. The van der Waals surface area contributed by atoms with Crippen LogP contribution >= 0.6 is 0 Å².